The Kier molecular flexibility index (Phi) is 3.49. The van der Waals surface area contributed by atoms with Crippen LogP contribution in [0.4, 0.5) is 0 Å². The first-order valence-electron chi connectivity index (χ1n) is 7.44. The van der Waals surface area contributed by atoms with E-state index in [1.807, 2.05) is 13.0 Å². The molecule has 0 radical (unpaired) electrons. The van der Waals surface area contributed by atoms with Crippen molar-refractivity contribution in [3.63, 3.8) is 0 Å². The van der Waals surface area contributed by atoms with Gasteiger partial charge in [0.1, 0.15) is 11.3 Å². The molecule has 0 saturated heterocycles. The molecule has 0 atom stereocenters. The van der Waals surface area contributed by atoms with Crippen molar-refractivity contribution in [2.45, 2.75) is 46.6 Å². The van der Waals surface area contributed by atoms with E-state index in [9.17, 15) is 0 Å². The SMILES string of the molecule is Cc1ccc2nc(CCCl)n(CC3(C(C)C)CC3)c2n1. The van der Waals surface area contributed by atoms with E-state index in [2.05, 4.69) is 24.5 Å². The molecule has 0 aliphatic heterocycles. The monoisotopic (exact) mass is 291 g/mol. The molecule has 0 amide bonds. The van der Waals surface area contributed by atoms with Gasteiger partial charge in [0.05, 0.1) is 0 Å². The van der Waals surface area contributed by atoms with E-state index < -0.39 is 0 Å². The number of hydrogen-bond donors (Lipinski definition) is 0. The van der Waals surface area contributed by atoms with Crippen LogP contribution in [0.2, 0.25) is 0 Å². The Morgan fingerprint density at radius 1 is 1.30 bits per heavy atom. The number of imidazole rings is 1. The van der Waals surface area contributed by atoms with Crippen LogP contribution >= 0.6 is 11.6 Å². The Morgan fingerprint density at radius 3 is 2.65 bits per heavy atom. The molecule has 1 saturated carbocycles. The zero-order valence-corrected chi connectivity index (χ0v) is 13.2. The summed E-state index contributed by atoms with van der Waals surface area (Å²) in [6.45, 7) is 7.72. The summed E-state index contributed by atoms with van der Waals surface area (Å²) in [5, 5.41) is 0. The van der Waals surface area contributed by atoms with Gasteiger partial charge in [-0.3, -0.25) is 0 Å². The normalized spacial score (nSPS) is 17.1. The van der Waals surface area contributed by atoms with Crippen molar-refractivity contribution in [2.75, 3.05) is 5.88 Å². The van der Waals surface area contributed by atoms with E-state index in [-0.39, 0.29) is 0 Å². The number of rotatable bonds is 5. The second-order valence-electron chi connectivity index (χ2n) is 6.37. The van der Waals surface area contributed by atoms with Crippen molar-refractivity contribution in [3.8, 4) is 0 Å². The van der Waals surface area contributed by atoms with Crippen LogP contribution in [-0.2, 0) is 13.0 Å². The van der Waals surface area contributed by atoms with Crippen LogP contribution in [0.15, 0.2) is 12.1 Å². The largest absolute Gasteiger partial charge is 0.312 e. The van der Waals surface area contributed by atoms with E-state index in [4.69, 9.17) is 21.6 Å². The maximum absolute atomic E-state index is 5.94. The maximum atomic E-state index is 5.94. The van der Waals surface area contributed by atoms with Gasteiger partial charge in [-0.25, -0.2) is 9.97 Å². The summed E-state index contributed by atoms with van der Waals surface area (Å²) in [6, 6.07) is 4.10. The third-order valence-corrected chi connectivity index (χ3v) is 4.91. The molecule has 2 aromatic heterocycles. The summed E-state index contributed by atoms with van der Waals surface area (Å²) in [6.07, 6.45) is 3.44. The number of aromatic nitrogens is 3. The van der Waals surface area contributed by atoms with E-state index in [1.54, 1.807) is 0 Å². The molecular weight excluding hydrogens is 270 g/mol. The first-order valence-corrected chi connectivity index (χ1v) is 7.98. The van der Waals surface area contributed by atoms with Gasteiger partial charge in [0, 0.05) is 24.5 Å². The van der Waals surface area contributed by atoms with Gasteiger partial charge < -0.3 is 4.57 Å². The lowest BCUT2D eigenvalue weighted by atomic mass is 9.92. The molecule has 3 rings (SSSR count). The third-order valence-electron chi connectivity index (χ3n) is 4.72. The Labute approximate surface area is 125 Å². The van der Waals surface area contributed by atoms with Gasteiger partial charge in [0.25, 0.3) is 0 Å². The predicted molar refractivity (Wildman–Crippen MR) is 83.2 cm³/mol. The van der Waals surface area contributed by atoms with Crippen molar-refractivity contribution >= 4 is 22.8 Å². The molecule has 0 spiro atoms. The molecule has 108 valence electrons. The molecular formula is C16H22ClN3. The van der Waals surface area contributed by atoms with Crippen LogP contribution in [0.3, 0.4) is 0 Å². The summed E-state index contributed by atoms with van der Waals surface area (Å²) < 4.78 is 2.32. The van der Waals surface area contributed by atoms with Crippen LogP contribution < -0.4 is 0 Å². The number of aryl methyl sites for hydroxylation is 2. The van der Waals surface area contributed by atoms with Crippen LogP contribution in [0, 0.1) is 18.3 Å². The van der Waals surface area contributed by atoms with Gasteiger partial charge in [-0.2, -0.15) is 0 Å². The molecule has 0 unspecified atom stereocenters. The second-order valence-corrected chi connectivity index (χ2v) is 6.74. The molecule has 0 aromatic carbocycles. The maximum Gasteiger partial charge on any atom is 0.160 e. The summed E-state index contributed by atoms with van der Waals surface area (Å²) >= 11 is 5.94. The highest BCUT2D eigenvalue weighted by Gasteiger charge is 2.46. The highest BCUT2D eigenvalue weighted by molar-refractivity contribution is 6.17. The quantitative estimate of drug-likeness (QED) is 0.781. The minimum Gasteiger partial charge on any atom is -0.312 e. The van der Waals surface area contributed by atoms with E-state index in [1.165, 1.54) is 12.8 Å². The van der Waals surface area contributed by atoms with E-state index in [0.29, 0.717) is 17.2 Å². The van der Waals surface area contributed by atoms with E-state index >= 15 is 0 Å². The number of alkyl halides is 1. The third kappa shape index (κ3) is 2.32. The standard InChI is InChI=1S/C16H22ClN3/c1-11(2)16(7-8-16)10-20-14(6-9-17)19-13-5-4-12(3)18-15(13)20/h4-5,11H,6-10H2,1-3H3. The fraction of sp³-hybridized carbons (Fsp3) is 0.625. The van der Waals surface area contributed by atoms with Gasteiger partial charge in [0.15, 0.2) is 5.65 Å². The Morgan fingerprint density at radius 2 is 2.05 bits per heavy atom. The lowest BCUT2D eigenvalue weighted by Crippen LogP contribution is -2.19. The Balaban J connectivity index is 2.06. The minimum atomic E-state index is 0.445. The summed E-state index contributed by atoms with van der Waals surface area (Å²) in [4.78, 5) is 9.44. The van der Waals surface area contributed by atoms with Gasteiger partial charge in [-0.15, -0.1) is 11.6 Å². The first kappa shape index (κ1) is 13.9. The Hall–Kier alpha value is -1.09. The summed E-state index contributed by atoms with van der Waals surface area (Å²) in [5.74, 6) is 2.39. The van der Waals surface area contributed by atoms with Crippen molar-refractivity contribution in [3.05, 3.63) is 23.7 Å². The lowest BCUT2D eigenvalue weighted by Gasteiger charge is -2.21. The molecule has 2 heterocycles. The van der Waals surface area contributed by atoms with Gasteiger partial charge >= 0.3 is 0 Å². The number of fused-ring (bicyclic) bond motifs is 1. The molecule has 0 N–H and O–H groups in total. The molecule has 1 aliphatic carbocycles. The number of halogens is 1. The zero-order chi connectivity index (χ0) is 14.3. The highest BCUT2D eigenvalue weighted by Crippen LogP contribution is 2.53. The van der Waals surface area contributed by atoms with E-state index in [0.717, 1.165) is 35.6 Å². The summed E-state index contributed by atoms with van der Waals surface area (Å²) in [7, 11) is 0. The van der Waals surface area contributed by atoms with Crippen molar-refractivity contribution in [2.24, 2.45) is 11.3 Å². The number of nitrogens with zero attached hydrogens (tertiary/aromatic N) is 3. The molecule has 1 fully saturated rings. The topological polar surface area (TPSA) is 30.7 Å². The molecule has 2 aromatic rings. The fourth-order valence-electron chi connectivity index (χ4n) is 2.98. The number of pyridine rings is 1. The summed E-state index contributed by atoms with van der Waals surface area (Å²) in [5.41, 5.74) is 3.51. The average molecular weight is 292 g/mol. The smallest absolute Gasteiger partial charge is 0.160 e. The van der Waals surface area contributed by atoms with Crippen molar-refractivity contribution < 1.29 is 0 Å². The molecule has 20 heavy (non-hydrogen) atoms. The molecule has 3 nitrogen and oxygen atoms in total. The first-order chi connectivity index (χ1) is 9.55. The van der Waals surface area contributed by atoms with Gasteiger partial charge in [-0.05, 0) is 43.2 Å². The molecule has 4 heteroatoms. The molecule has 1 aliphatic rings. The number of hydrogen-bond acceptors (Lipinski definition) is 2. The minimum absolute atomic E-state index is 0.445. The fourth-order valence-corrected chi connectivity index (χ4v) is 3.15. The van der Waals surface area contributed by atoms with Crippen LogP contribution in [0.25, 0.3) is 11.2 Å². The van der Waals surface area contributed by atoms with Crippen LogP contribution in [-0.4, -0.2) is 20.4 Å². The Bertz CT molecular complexity index is 626. The zero-order valence-electron chi connectivity index (χ0n) is 12.5. The predicted octanol–water partition coefficient (Wildman–Crippen LogP) is 3.96. The van der Waals surface area contributed by atoms with Crippen molar-refractivity contribution in [1.82, 2.24) is 14.5 Å². The van der Waals surface area contributed by atoms with Crippen LogP contribution in [0.5, 0.6) is 0 Å². The van der Waals surface area contributed by atoms with Crippen LogP contribution in [0.1, 0.15) is 38.2 Å². The highest BCUT2D eigenvalue weighted by atomic mass is 35.5. The lowest BCUT2D eigenvalue weighted by molar-refractivity contribution is 0.308. The van der Waals surface area contributed by atoms with Gasteiger partial charge in [0.2, 0.25) is 0 Å². The second kappa shape index (κ2) is 5.03. The van der Waals surface area contributed by atoms with Gasteiger partial charge in [-0.1, -0.05) is 13.8 Å². The molecule has 0 bridgehead atoms. The van der Waals surface area contributed by atoms with Crippen molar-refractivity contribution in [1.29, 1.82) is 0 Å². The average Bonchev–Trinajstić information content (AvgIpc) is 3.12.